The van der Waals surface area contributed by atoms with Crippen LogP contribution in [0.4, 0.5) is 0 Å². The van der Waals surface area contributed by atoms with Crippen LogP contribution >= 0.6 is 0 Å². The number of aliphatic hydroxyl groups excluding tert-OH is 1. The molecule has 1 aromatic carbocycles. The van der Waals surface area contributed by atoms with Crippen LogP contribution in [-0.2, 0) is 19.6 Å². The molecular formula is C13H17NO5S. The fourth-order valence-electron chi connectivity index (χ4n) is 1.42. The van der Waals surface area contributed by atoms with E-state index in [0.717, 1.165) is 12.5 Å². The Kier molecular flexibility index (Phi) is 5.87. The molecule has 0 fully saturated rings. The maximum absolute atomic E-state index is 11.8. The zero-order valence-corrected chi connectivity index (χ0v) is 12.0. The fourth-order valence-corrected chi connectivity index (χ4v) is 2.48. The molecule has 0 radical (unpaired) electrons. The summed E-state index contributed by atoms with van der Waals surface area (Å²) >= 11 is 0. The average Bonchev–Trinajstić information content (AvgIpc) is 2.43. The molecule has 0 aliphatic rings. The van der Waals surface area contributed by atoms with Gasteiger partial charge >= 0.3 is 5.97 Å². The fraction of sp³-hybridized carbons (Fsp3) is 0.308. The van der Waals surface area contributed by atoms with E-state index in [9.17, 15) is 18.3 Å². The predicted molar refractivity (Wildman–Crippen MR) is 75.0 cm³/mol. The summed E-state index contributed by atoms with van der Waals surface area (Å²) in [5.41, 5.74) is 0.699. The van der Waals surface area contributed by atoms with Crippen LogP contribution in [0.15, 0.2) is 35.7 Å². The van der Waals surface area contributed by atoms with Gasteiger partial charge in [0.25, 0.3) is 0 Å². The van der Waals surface area contributed by atoms with E-state index in [-0.39, 0.29) is 0 Å². The average molecular weight is 299 g/mol. The molecule has 110 valence electrons. The van der Waals surface area contributed by atoms with Crippen LogP contribution < -0.4 is 4.72 Å². The first-order chi connectivity index (χ1) is 9.35. The van der Waals surface area contributed by atoms with Crippen molar-refractivity contribution in [2.45, 2.75) is 19.1 Å². The Morgan fingerprint density at radius 1 is 1.35 bits per heavy atom. The van der Waals surface area contributed by atoms with Gasteiger partial charge in [-0.25, -0.2) is 8.42 Å². The molecular weight excluding hydrogens is 282 g/mol. The molecule has 0 spiro atoms. The van der Waals surface area contributed by atoms with Gasteiger partial charge in [0.1, 0.15) is 6.04 Å². The molecule has 6 nitrogen and oxygen atoms in total. The first kappa shape index (κ1) is 16.4. The molecule has 20 heavy (non-hydrogen) atoms. The Labute approximate surface area is 118 Å². The SMILES string of the molecule is COC(=O)[C@@H](NS(=O)(=O)/C=C/c1ccccc1)[C@H](C)O. The number of carbonyl (C=O) groups is 1. The summed E-state index contributed by atoms with van der Waals surface area (Å²) in [6.45, 7) is 1.30. The monoisotopic (exact) mass is 299 g/mol. The maximum atomic E-state index is 11.8. The van der Waals surface area contributed by atoms with E-state index < -0.39 is 28.1 Å². The van der Waals surface area contributed by atoms with Gasteiger partial charge in [-0.15, -0.1) is 0 Å². The first-order valence-corrected chi connectivity index (χ1v) is 7.41. The lowest BCUT2D eigenvalue weighted by atomic mass is 10.2. The molecule has 0 aromatic heterocycles. The van der Waals surface area contributed by atoms with Crippen LogP contribution in [0.1, 0.15) is 12.5 Å². The van der Waals surface area contributed by atoms with Gasteiger partial charge in [-0.1, -0.05) is 30.3 Å². The van der Waals surface area contributed by atoms with Crippen LogP contribution in [0.25, 0.3) is 6.08 Å². The molecule has 0 aliphatic carbocycles. The Morgan fingerprint density at radius 2 is 1.95 bits per heavy atom. The zero-order valence-electron chi connectivity index (χ0n) is 11.2. The second-order valence-electron chi connectivity index (χ2n) is 4.12. The number of esters is 1. The highest BCUT2D eigenvalue weighted by molar-refractivity contribution is 7.92. The van der Waals surface area contributed by atoms with E-state index >= 15 is 0 Å². The molecule has 2 atom stereocenters. The van der Waals surface area contributed by atoms with Crippen molar-refractivity contribution in [2.24, 2.45) is 0 Å². The van der Waals surface area contributed by atoms with Gasteiger partial charge < -0.3 is 9.84 Å². The number of rotatable bonds is 6. The molecule has 1 aromatic rings. The third-order valence-corrected chi connectivity index (χ3v) is 3.54. The Balaban J connectivity index is 2.83. The Hall–Kier alpha value is -1.70. The number of benzene rings is 1. The van der Waals surface area contributed by atoms with Gasteiger partial charge in [0.05, 0.1) is 13.2 Å². The largest absolute Gasteiger partial charge is 0.468 e. The second kappa shape index (κ2) is 7.18. The molecule has 2 N–H and O–H groups in total. The molecule has 0 bridgehead atoms. The molecule has 0 saturated carbocycles. The number of aliphatic hydroxyl groups is 1. The zero-order chi connectivity index (χ0) is 15.2. The number of ether oxygens (including phenoxy) is 1. The lowest BCUT2D eigenvalue weighted by Gasteiger charge is -2.17. The van der Waals surface area contributed by atoms with E-state index in [1.54, 1.807) is 24.3 Å². The molecule has 0 heterocycles. The van der Waals surface area contributed by atoms with Crippen molar-refractivity contribution in [3.63, 3.8) is 0 Å². The second-order valence-corrected chi connectivity index (χ2v) is 5.72. The summed E-state index contributed by atoms with van der Waals surface area (Å²) in [5, 5.41) is 10.3. The number of hydrogen-bond acceptors (Lipinski definition) is 5. The lowest BCUT2D eigenvalue weighted by molar-refractivity contribution is -0.145. The molecule has 0 unspecified atom stereocenters. The molecule has 0 aliphatic heterocycles. The van der Waals surface area contributed by atoms with Gasteiger partial charge in [0.2, 0.25) is 10.0 Å². The van der Waals surface area contributed by atoms with E-state index in [1.165, 1.54) is 13.0 Å². The van der Waals surface area contributed by atoms with Crippen molar-refractivity contribution in [1.82, 2.24) is 4.72 Å². The molecule has 1 rings (SSSR count). The quantitative estimate of drug-likeness (QED) is 0.746. The lowest BCUT2D eigenvalue weighted by Crippen LogP contribution is -2.47. The van der Waals surface area contributed by atoms with Gasteiger partial charge in [-0.3, -0.25) is 4.79 Å². The number of sulfonamides is 1. The van der Waals surface area contributed by atoms with Crippen molar-refractivity contribution in [1.29, 1.82) is 0 Å². The van der Waals surface area contributed by atoms with Crippen LogP contribution in [0, 0.1) is 0 Å². The van der Waals surface area contributed by atoms with E-state index in [4.69, 9.17) is 0 Å². The minimum absolute atomic E-state index is 0.699. The summed E-state index contributed by atoms with van der Waals surface area (Å²) in [6.07, 6.45) is 0.181. The van der Waals surface area contributed by atoms with Crippen molar-refractivity contribution in [3.8, 4) is 0 Å². The summed E-state index contributed by atoms with van der Waals surface area (Å²) in [7, 11) is -2.75. The van der Waals surface area contributed by atoms with Crippen LogP contribution in [0.5, 0.6) is 0 Å². The minimum Gasteiger partial charge on any atom is -0.468 e. The molecule has 0 saturated heterocycles. The highest BCUT2D eigenvalue weighted by atomic mass is 32.2. The van der Waals surface area contributed by atoms with Gasteiger partial charge in [0.15, 0.2) is 0 Å². The topological polar surface area (TPSA) is 92.7 Å². The number of nitrogens with one attached hydrogen (secondary N) is 1. The molecule has 0 amide bonds. The van der Waals surface area contributed by atoms with Crippen molar-refractivity contribution in [2.75, 3.05) is 7.11 Å². The highest BCUT2D eigenvalue weighted by Gasteiger charge is 2.28. The Bertz CT molecular complexity index is 566. The van der Waals surface area contributed by atoms with Crippen LogP contribution in [0.2, 0.25) is 0 Å². The number of carbonyl (C=O) groups excluding carboxylic acids is 1. The Morgan fingerprint density at radius 3 is 2.45 bits per heavy atom. The summed E-state index contributed by atoms with van der Waals surface area (Å²) < 4.78 is 30.2. The standard InChI is InChI=1S/C13H17NO5S/c1-10(15)12(13(16)19-2)14-20(17,18)9-8-11-6-4-3-5-7-11/h3-10,12,14-15H,1-2H3/b9-8+/t10-,12-/m0/s1. The molecule has 7 heteroatoms. The smallest absolute Gasteiger partial charge is 0.326 e. The number of hydrogen-bond donors (Lipinski definition) is 2. The van der Waals surface area contributed by atoms with Crippen molar-refractivity contribution >= 4 is 22.1 Å². The third kappa shape index (κ3) is 5.12. The number of methoxy groups -OCH3 is 1. The highest BCUT2D eigenvalue weighted by Crippen LogP contribution is 2.05. The van der Waals surface area contributed by atoms with Crippen LogP contribution in [0.3, 0.4) is 0 Å². The van der Waals surface area contributed by atoms with Crippen LogP contribution in [-0.4, -0.2) is 38.7 Å². The predicted octanol–water partition coefficient (Wildman–Crippen LogP) is 0.499. The van der Waals surface area contributed by atoms with E-state index in [0.29, 0.717) is 5.56 Å². The van der Waals surface area contributed by atoms with Crippen molar-refractivity contribution < 1.29 is 23.1 Å². The summed E-state index contributed by atoms with van der Waals surface area (Å²) in [4.78, 5) is 11.4. The normalized spacial score (nSPS) is 14.9. The maximum Gasteiger partial charge on any atom is 0.326 e. The van der Waals surface area contributed by atoms with Gasteiger partial charge in [-0.2, -0.15) is 4.72 Å². The summed E-state index contributed by atoms with van der Waals surface area (Å²) in [5.74, 6) is -0.850. The summed E-state index contributed by atoms with van der Waals surface area (Å²) in [6, 6.07) is 7.48. The first-order valence-electron chi connectivity index (χ1n) is 5.87. The van der Waals surface area contributed by atoms with Crippen molar-refractivity contribution in [3.05, 3.63) is 41.3 Å². The third-order valence-electron chi connectivity index (χ3n) is 2.47. The van der Waals surface area contributed by atoms with E-state index in [2.05, 4.69) is 9.46 Å². The minimum atomic E-state index is -3.87. The van der Waals surface area contributed by atoms with E-state index in [1.807, 2.05) is 6.07 Å². The van der Waals surface area contributed by atoms with Gasteiger partial charge in [0, 0.05) is 5.41 Å². The van der Waals surface area contributed by atoms with Gasteiger partial charge in [-0.05, 0) is 18.6 Å².